The molecule has 0 spiro atoms. The molecule has 0 aromatic heterocycles. The topological polar surface area (TPSA) is 27.7 Å². The lowest BCUT2D eigenvalue weighted by atomic mass is 10.3. The fraction of sp³-hybridized carbons (Fsp3) is 0.500. The summed E-state index contributed by atoms with van der Waals surface area (Å²) in [5, 5.41) is 0.704. The second kappa shape index (κ2) is 6.38. The van der Waals surface area contributed by atoms with Gasteiger partial charge in [-0.05, 0) is 13.0 Å². The molecule has 0 amide bonds. The van der Waals surface area contributed by atoms with E-state index < -0.39 is 0 Å². The highest BCUT2D eigenvalue weighted by atomic mass is 35.5. The molecule has 0 bridgehead atoms. The smallest absolute Gasteiger partial charge is 0.162 e. The first-order valence-corrected chi connectivity index (χ1v) is 6.97. The van der Waals surface area contributed by atoms with Crippen molar-refractivity contribution >= 4 is 23.4 Å². The number of fused-ring (bicyclic) bond motifs is 1. The van der Waals surface area contributed by atoms with Crippen LogP contribution in [0, 0.1) is 0 Å². The van der Waals surface area contributed by atoms with E-state index in [0.29, 0.717) is 18.2 Å². The first-order chi connectivity index (χ1) is 8.31. The molecule has 1 aromatic carbocycles. The lowest BCUT2D eigenvalue weighted by Crippen LogP contribution is -2.15. The van der Waals surface area contributed by atoms with Crippen molar-refractivity contribution in [3.63, 3.8) is 0 Å². The van der Waals surface area contributed by atoms with Gasteiger partial charge in [0.1, 0.15) is 13.2 Å². The zero-order valence-corrected chi connectivity index (χ0v) is 11.3. The number of hydrogen-bond donors (Lipinski definition) is 0. The monoisotopic (exact) mass is 274 g/mol. The third-order valence-corrected chi connectivity index (χ3v) is 3.73. The highest BCUT2D eigenvalue weighted by Crippen LogP contribution is 2.39. The molecule has 2 rings (SSSR count). The Morgan fingerprint density at radius 3 is 2.71 bits per heavy atom. The number of ether oxygens (including phenoxy) is 3. The average Bonchev–Trinajstić information content (AvgIpc) is 2.35. The van der Waals surface area contributed by atoms with Crippen LogP contribution in [0.4, 0.5) is 0 Å². The first kappa shape index (κ1) is 12.9. The third kappa shape index (κ3) is 3.44. The second-order valence-electron chi connectivity index (χ2n) is 3.47. The average molecular weight is 275 g/mol. The van der Waals surface area contributed by atoms with Crippen LogP contribution < -0.4 is 9.47 Å². The van der Waals surface area contributed by atoms with Gasteiger partial charge in [-0.1, -0.05) is 11.6 Å². The van der Waals surface area contributed by atoms with Gasteiger partial charge in [0.25, 0.3) is 0 Å². The molecular weight excluding hydrogens is 260 g/mol. The van der Waals surface area contributed by atoms with E-state index in [9.17, 15) is 0 Å². The molecule has 1 aliphatic heterocycles. The van der Waals surface area contributed by atoms with Gasteiger partial charge in [-0.3, -0.25) is 0 Å². The summed E-state index contributed by atoms with van der Waals surface area (Å²) in [6, 6.07) is 3.76. The molecule has 0 atom stereocenters. The maximum absolute atomic E-state index is 6.18. The van der Waals surface area contributed by atoms with Gasteiger partial charge in [0.05, 0.1) is 11.6 Å². The van der Waals surface area contributed by atoms with E-state index in [1.54, 1.807) is 11.8 Å². The van der Waals surface area contributed by atoms with Crippen LogP contribution in [0.15, 0.2) is 17.0 Å². The fourth-order valence-corrected chi connectivity index (χ4v) is 2.64. The predicted octanol–water partition coefficient (Wildman–Crippen LogP) is 3.24. The number of rotatable bonds is 5. The van der Waals surface area contributed by atoms with Crippen LogP contribution in [0.5, 0.6) is 11.5 Å². The molecule has 1 heterocycles. The zero-order chi connectivity index (χ0) is 12.1. The van der Waals surface area contributed by atoms with Crippen LogP contribution >= 0.6 is 23.4 Å². The molecule has 17 heavy (non-hydrogen) atoms. The Kier molecular flexibility index (Phi) is 4.83. The standard InChI is InChI=1S/C12H15ClO3S/c1-2-14-5-6-17-12-8-11-10(7-9(12)13)15-3-4-16-11/h7-8H,2-6H2,1H3. The van der Waals surface area contributed by atoms with Crippen molar-refractivity contribution in [1.82, 2.24) is 0 Å². The van der Waals surface area contributed by atoms with Crippen molar-refractivity contribution in [3.8, 4) is 11.5 Å². The maximum atomic E-state index is 6.18. The Morgan fingerprint density at radius 2 is 2.00 bits per heavy atom. The molecule has 0 radical (unpaired) electrons. The highest BCUT2D eigenvalue weighted by Gasteiger charge is 2.15. The molecule has 0 unspecified atom stereocenters. The molecule has 94 valence electrons. The molecule has 0 fully saturated rings. The van der Waals surface area contributed by atoms with E-state index in [-0.39, 0.29) is 0 Å². The lowest BCUT2D eigenvalue weighted by Gasteiger charge is -2.19. The molecular formula is C12H15ClO3S. The summed E-state index contributed by atoms with van der Waals surface area (Å²) < 4.78 is 16.3. The molecule has 0 aliphatic carbocycles. The van der Waals surface area contributed by atoms with Crippen molar-refractivity contribution in [1.29, 1.82) is 0 Å². The van der Waals surface area contributed by atoms with E-state index in [2.05, 4.69) is 0 Å². The third-order valence-electron chi connectivity index (χ3n) is 2.29. The summed E-state index contributed by atoms with van der Waals surface area (Å²) in [4.78, 5) is 1.01. The van der Waals surface area contributed by atoms with Gasteiger partial charge in [0.15, 0.2) is 11.5 Å². The van der Waals surface area contributed by atoms with Gasteiger partial charge in [0.2, 0.25) is 0 Å². The van der Waals surface area contributed by atoms with Crippen molar-refractivity contribution in [2.24, 2.45) is 0 Å². The van der Waals surface area contributed by atoms with Gasteiger partial charge in [0, 0.05) is 23.3 Å². The summed E-state index contributed by atoms with van der Waals surface area (Å²) in [7, 11) is 0. The quantitative estimate of drug-likeness (QED) is 0.609. The van der Waals surface area contributed by atoms with Gasteiger partial charge < -0.3 is 14.2 Å². The molecule has 1 aromatic rings. The largest absolute Gasteiger partial charge is 0.486 e. The van der Waals surface area contributed by atoms with Crippen molar-refractivity contribution in [3.05, 3.63) is 17.2 Å². The summed E-state index contributed by atoms with van der Waals surface area (Å²) in [6.45, 7) is 4.64. The molecule has 0 saturated carbocycles. The number of hydrogen-bond acceptors (Lipinski definition) is 4. The number of thioether (sulfide) groups is 1. The van der Waals surface area contributed by atoms with Gasteiger partial charge in [-0.2, -0.15) is 0 Å². The van der Waals surface area contributed by atoms with E-state index >= 15 is 0 Å². The summed E-state index contributed by atoms with van der Waals surface area (Å²) in [5.41, 5.74) is 0. The van der Waals surface area contributed by atoms with Gasteiger partial charge >= 0.3 is 0 Å². The van der Waals surface area contributed by atoms with E-state index in [1.165, 1.54) is 0 Å². The molecule has 0 N–H and O–H groups in total. The lowest BCUT2D eigenvalue weighted by molar-refractivity contribution is 0.164. The second-order valence-corrected chi connectivity index (χ2v) is 5.02. The molecule has 3 nitrogen and oxygen atoms in total. The minimum absolute atomic E-state index is 0.583. The van der Waals surface area contributed by atoms with Crippen molar-refractivity contribution < 1.29 is 14.2 Å². The normalized spacial score (nSPS) is 13.8. The SMILES string of the molecule is CCOCCSc1cc2c(cc1Cl)OCCO2. The molecule has 1 aliphatic rings. The maximum Gasteiger partial charge on any atom is 0.162 e. The molecule has 5 heteroatoms. The summed E-state index contributed by atoms with van der Waals surface area (Å²) in [5.74, 6) is 2.39. The van der Waals surface area contributed by atoms with Crippen molar-refractivity contribution in [2.45, 2.75) is 11.8 Å². The minimum atomic E-state index is 0.583. The van der Waals surface area contributed by atoms with E-state index in [0.717, 1.165) is 35.4 Å². The minimum Gasteiger partial charge on any atom is -0.486 e. The predicted molar refractivity (Wildman–Crippen MR) is 69.7 cm³/mol. The Labute approximate surface area is 110 Å². The Hall–Kier alpha value is -0.580. The summed E-state index contributed by atoms with van der Waals surface area (Å²) >= 11 is 7.84. The van der Waals surface area contributed by atoms with Crippen LogP contribution in [0.2, 0.25) is 5.02 Å². The van der Waals surface area contributed by atoms with E-state index in [1.807, 2.05) is 19.1 Å². The van der Waals surface area contributed by atoms with Crippen LogP contribution in [-0.4, -0.2) is 32.2 Å². The highest BCUT2D eigenvalue weighted by molar-refractivity contribution is 7.99. The van der Waals surface area contributed by atoms with Crippen LogP contribution in [0.1, 0.15) is 6.92 Å². The summed E-state index contributed by atoms with van der Waals surface area (Å²) in [6.07, 6.45) is 0. The molecule has 0 saturated heterocycles. The number of benzene rings is 1. The Morgan fingerprint density at radius 1 is 1.29 bits per heavy atom. The van der Waals surface area contributed by atoms with E-state index in [4.69, 9.17) is 25.8 Å². The van der Waals surface area contributed by atoms with Crippen LogP contribution in [-0.2, 0) is 4.74 Å². The number of halogens is 1. The van der Waals surface area contributed by atoms with Crippen molar-refractivity contribution in [2.75, 3.05) is 32.2 Å². The van der Waals surface area contributed by atoms with Crippen LogP contribution in [0.3, 0.4) is 0 Å². The van der Waals surface area contributed by atoms with Gasteiger partial charge in [-0.15, -0.1) is 11.8 Å². The van der Waals surface area contributed by atoms with Crippen LogP contribution in [0.25, 0.3) is 0 Å². The first-order valence-electron chi connectivity index (χ1n) is 5.61. The Balaban J connectivity index is 2.01. The fourth-order valence-electron chi connectivity index (χ4n) is 1.51. The Bertz CT molecular complexity index is 384. The van der Waals surface area contributed by atoms with Gasteiger partial charge in [-0.25, -0.2) is 0 Å². The zero-order valence-electron chi connectivity index (χ0n) is 9.70.